The van der Waals surface area contributed by atoms with Crippen LogP contribution in [0.15, 0.2) is 72.8 Å². The molecule has 3 aromatic rings. The van der Waals surface area contributed by atoms with E-state index in [1.165, 1.54) is 0 Å². The van der Waals surface area contributed by atoms with E-state index in [-0.39, 0.29) is 5.91 Å². The van der Waals surface area contributed by atoms with Crippen molar-refractivity contribution < 1.29 is 9.53 Å². The summed E-state index contributed by atoms with van der Waals surface area (Å²) in [5.41, 5.74) is 1.10. The number of carbonyl (C=O) groups is 1. The summed E-state index contributed by atoms with van der Waals surface area (Å²) in [5.74, 6) is 1.16. The van der Waals surface area contributed by atoms with Gasteiger partial charge < -0.3 is 10.1 Å². The van der Waals surface area contributed by atoms with Crippen molar-refractivity contribution in [2.45, 2.75) is 0 Å². The van der Waals surface area contributed by atoms with Gasteiger partial charge in [-0.05, 0) is 54.6 Å². The van der Waals surface area contributed by atoms with Crippen LogP contribution in [0.2, 0.25) is 10.0 Å². The third-order valence-electron chi connectivity index (χ3n) is 3.27. The number of carbonyl (C=O) groups excluding carboxylic acids is 1. The quantitative estimate of drug-likeness (QED) is 0.618. The molecule has 3 aromatic carbocycles. The number of rotatable bonds is 4. The molecule has 0 bridgehead atoms. The van der Waals surface area contributed by atoms with E-state index in [0.29, 0.717) is 27.0 Å². The van der Waals surface area contributed by atoms with Gasteiger partial charge in [0.15, 0.2) is 0 Å². The topological polar surface area (TPSA) is 38.3 Å². The second-order valence-corrected chi connectivity index (χ2v) is 5.84. The van der Waals surface area contributed by atoms with E-state index >= 15 is 0 Å². The molecule has 5 heteroatoms. The number of anilines is 1. The van der Waals surface area contributed by atoms with E-state index in [0.717, 1.165) is 5.75 Å². The number of hydrogen-bond donors (Lipinski definition) is 1. The predicted molar refractivity (Wildman–Crippen MR) is 97.4 cm³/mol. The number of nitrogens with one attached hydrogen (secondary N) is 1. The van der Waals surface area contributed by atoms with E-state index in [9.17, 15) is 4.79 Å². The van der Waals surface area contributed by atoms with Crippen molar-refractivity contribution in [3.63, 3.8) is 0 Å². The Hall–Kier alpha value is -2.49. The van der Waals surface area contributed by atoms with Crippen molar-refractivity contribution >= 4 is 34.8 Å². The molecule has 1 N–H and O–H groups in total. The molecule has 0 fully saturated rings. The fourth-order valence-electron chi connectivity index (χ4n) is 2.08. The minimum Gasteiger partial charge on any atom is -0.457 e. The number of amides is 1. The van der Waals surface area contributed by atoms with Crippen LogP contribution in [0, 0.1) is 0 Å². The average Bonchev–Trinajstić information content (AvgIpc) is 2.60. The Kier molecular flexibility index (Phi) is 5.04. The van der Waals surface area contributed by atoms with Crippen molar-refractivity contribution in [3.05, 3.63) is 88.4 Å². The molecule has 1 amide bonds. The Bertz CT molecular complexity index is 849. The van der Waals surface area contributed by atoms with Crippen LogP contribution in [0.4, 0.5) is 5.69 Å². The summed E-state index contributed by atoms with van der Waals surface area (Å²) in [6, 6.07) is 21.3. The first-order chi connectivity index (χ1) is 11.6. The van der Waals surface area contributed by atoms with E-state index in [4.69, 9.17) is 27.9 Å². The summed E-state index contributed by atoms with van der Waals surface area (Å²) in [5, 5.41) is 3.60. The largest absolute Gasteiger partial charge is 0.457 e. The number of para-hydroxylation sites is 1. The van der Waals surface area contributed by atoms with E-state index < -0.39 is 0 Å². The fourth-order valence-corrected chi connectivity index (χ4v) is 2.37. The van der Waals surface area contributed by atoms with Crippen LogP contribution in [-0.2, 0) is 0 Å². The molecule has 0 unspecified atom stereocenters. The Morgan fingerprint density at radius 2 is 1.46 bits per heavy atom. The molecule has 0 aromatic heterocycles. The first-order valence-corrected chi connectivity index (χ1v) is 7.97. The summed E-state index contributed by atoms with van der Waals surface area (Å²) in [4.78, 5) is 12.3. The number of benzene rings is 3. The van der Waals surface area contributed by atoms with Crippen LogP contribution in [0.1, 0.15) is 10.4 Å². The summed E-state index contributed by atoms with van der Waals surface area (Å²) >= 11 is 11.8. The Morgan fingerprint density at radius 1 is 0.792 bits per heavy atom. The summed E-state index contributed by atoms with van der Waals surface area (Å²) in [6.07, 6.45) is 0. The van der Waals surface area contributed by atoms with Crippen LogP contribution < -0.4 is 10.1 Å². The highest BCUT2D eigenvalue weighted by Gasteiger charge is 2.08. The van der Waals surface area contributed by atoms with Crippen LogP contribution in [0.5, 0.6) is 11.5 Å². The lowest BCUT2D eigenvalue weighted by Gasteiger charge is -2.08. The van der Waals surface area contributed by atoms with Crippen LogP contribution in [-0.4, -0.2) is 5.91 Å². The molecule has 0 saturated heterocycles. The van der Waals surface area contributed by atoms with Gasteiger partial charge in [0.1, 0.15) is 11.5 Å². The molecule has 0 heterocycles. The van der Waals surface area contributed by atoms with Gasteiger partial charge in [-0.1, -0.05) is 41.4 Å². The Balaban J connectivity index is 1.68. The zero-order chi connectivity index (χ0) is 16.9. The van der Waals surface area contributed by atoms with Crippen molar-refractivity contribution in [1.29, 1.82) is 0 Å². The van der Waals surface area contributed by atoms with Crippen molar-refractivity contribution in [2.75, 3.05) is 5.32 Å². The van der Waals surface area contributed by atoms with Gasteiger partial charge in [0, 0.05) is 11.3 Å². The van der Waals surface area contributed by atoms with E-state index in [2.05, 4.69) is 5.32 Å². The van der Waals surface area contributed by atoms with Gasteiger partial charge in [-0.2, -0.15) is 0 Å². The van der Waals surface area contributed by atoms with Crippen LogP contribution in [0.25, 0.3) is 0 Å². The lowest BCUT2D eigenvalue weighted by molar-refractivity contribution is 0.102. The van der Waals surface area contributed by atoms with Crippen molar-refractivity contribution in [1.82, 2.24) is 0 Å². The van der Waals surface area contributed by atoms with E-state index in [1.807, 2.05) is 30.3 Å². The number of hydrogen-bond acceptors (Lipinski definition) is 2. The third-order valence-corrected chi connectivity index (χ3v) is 4.01. The molecule has 0 aliphatic heterocycles. The Morgan fingerprint density at radius 3 is 2.12 bits per heavy atom. The highest BCUT2D eigenvalue weighted by atomic mass is 35.5. The molecule has 24 heavy (non-hydrogen) atoms. The predicted octanol–water partition coefficient (Wildman–Crippen LogP) is 6.04. The van der Waals surface area contributed by atoms with Crippen LogP contribution in [0.3, 0.4) is 0 Å². The summed E-state index contributed by atoms with van der Waals surface area (Å²) < 4.78 is 5.70. The molecular formula is C19H13Cl2NO2. The SMILES string of the molecule is O=C(Nc1ccc(Cl)c(Cl)c1)c1ccc(Oc2ccccc2)cc1. The molecule has 0 radical (unpaired) electrons. The maximum absolute atomic E-state index is 12.3. The molecule has 0 aliphatic carbocycles. The molecule has 0 saturated carbocycles. The number of halogens is 2. The fraction of sp³-hybridized carbons (Fsp3) is 0. The third kappa shape index (κ3) is 4.07. The maximum atomic E-state index is 12.3. The summed E-state index contributed by atoms with van der Waals surface area (Å²) in [7, 11) is 0. The van der Waals surface area contributed by atoms with Crippen LogP contribution >= 0.6 is 23.2 Å². The van der Waals surface area contributed by atoms with Gasteiger partial charge in [-0.25, -0.2) is 0 Å². The highest BCUT2D eigenvalue weighted by Crippen LogP contribution is 2.26. The van der Waals surface area contributed by atoms with Gasteiger partial charge in [-0.3, -0.25) is 4.79 Å². The number of ether oxygens (including phenoxy) is 1. The zero-order valence-corrected chi connectivity index (χ0v) is 14.0. The molecule has 0 atom stereocenters. The van der Waals surface area contributed by atoms with Crippen molar-refractivity contribution in [3.8, 4) is 11.5 Å². The second kappa shape index (κ2) is 7.39. The van der Waals surface area contributed by atoms with Gasteiger partial charge in [0.25, 0.3) is 5.91 Å². The molecule has 0 aliphatic rings. The minimum atomic E-state index is -0.236. The lowest BCUT2D eigenvalue weighted by Crippen LogP contribution is -2.11. The average molecular weight is 358 g/mol. The molecule has 3 rings (SSSR count). The monoisotopic (exact) mass is 357 g/mol. The van der Waals surface area contributed by atoms with Gasteiger partial charge in [0.05, 0.1) is 10.0 Å². The van der Waals surface area contributed by atoms with E-state index in [1.54, 1.807) is 42.5 Å². The van der Waals surface area contributed by atoms with Gasteiger partial charge in [-0.15, -0.1) is 0 Å². The first-order valence-electron chi connectivity index (χ1n) is 7.21. The molecule has 120 valence electrons. The molecule has 3 nitrogen and oxygen atoms in total. The first kappa shape index (κ1) is 16.4. The standard InChI is InChI=1S/C19H13Cl2NO2/c20-17-11-8-14(12-18(17)21)22-19(23)13-6-9-16(10-7-13)24-15-4-2-1-3-5-15/h1-12H,(H,22,23). The zero-order valence-electron chi connectivity index (χ0n) is 12.5. The smallest absolute Gasteiger partial charge is 0.255 e. The van der Waals surface area contributed by atoms with Gasteiger partial charge in [0.2, 0.25) is 0 Å². The molecular weight excluding hydrogens is 345 g/mol. The highest BCUT2D eigenvalue weighted by molar-refractivity contribution is 6.42. The second-order valence-electron chi connectivity index (χ2n) is 5.02. The maximum Gasteiger partial charge on any atom is 0.255 e. The normalized spacial score (nSPS) is 10.2. The summed E-state index contributed by atoms with van der Waals surface area (Å²) in [6.45, 7) is 0. The molecule has 0 spiro atoms. The van der Waals surface area contributed by atoms with Gasteiger partial charge >= 0.3 is 0 Å². The Labute approximate surface area is 149 Å². The lowest BCUT2D eigenvalue weighted by atomic mass is 10.2. The minimum absolute atomic E-state index is 0.236. The van der Waals surface area contributed by atoms with Crippen molar-refractivity contribution in [2.24, 2.45) is 0 Å².